The molecule has 1 fully saturated rings. The van der Waals surface area contributed by atoms with Crippen LogP contribution in [0.15, 0.2) is 24.3 Å². The van der Waals surface area contributed by atoms with Gasteiger partial charge in [0.2, 0.25) is 0 Å². The molecule has 2 aliphatic rings. The number of benzene rings is 1. The molecule has 0 spiro atoms. The highest BCUT2D eigenvalue weighted by Crippen LogP contribution is 2.42. The zero-order valence-electron chi connectivity index (χ0n) is 10.7. The van der Waals surface area contributed by atoms with Gasteiger partial charge in [-0.3, -0.25) is 0 Å². The lowest BCUT2D eigenvalue weighted by Gasteiger charge is -2.35. The predicted molar refractivity (Wildman–Crippen MR) is 70.3 cm³/mol. The highest BCUT2D eigenvalue weighted by molar-refractivity contribution is 5.41. The van der Waals surface area contributed by atoms with E-state index in [9.17, 15) is 5.26 Å². The molecule has 0 amide bonds. The molecule has 1 aromatic rings. The number of nitrogens with zero attached hydrogens (tertiary/aromatic N) is 1. The van der Waals surface area contributed by atoms with Crippen molar-refractivity contribution in [2.24, 2.45) is 0 Å². The minimum Gasteiger partial charge on any atom is -0.378 e. The van der Waals surface area contributed by atoms with Gasteiger partial charge in [0.25, 0.3) is 0 Å². The van der Waals surface area contributed by atoms with Crippen LogP contribution in [0.4, 0.5) is 0 Å². The molecule has 2 unspecified atom stereocenters. The maximum Gasteiger partial charge on any atom is 0.0849 e. The van der Waals surface area contributed by atoms with Crippen molar-refractivity contribution in [1.29, 1.82) is 5.26 Å². The number of hydrogen-bond donors (Lipinski definition) is 0. The van der Waals surface area contributed by atoms with Crippen molar-refractivity contribution in [2.45, 2.75) is 50.0 Å². The molecule has 1 aliphatic carbocycles. The highest BCUT2D eigenvalue weighted by atomic mass is 16.5. The lowest BCUT2D eigenvalue weighted by molar-refractivity contribution is 0.0873. The fourth-order valence-corrected chi connectivity index (χ4v) is 3.49. The molecule has 1 aliphatic heterocycles. The van der Waals surface area contributed by atoms with Crippen LogP contribution in [0.2, 0.25) is 0 Å². The first kappa shape index (κ1) is 11.7. The molecule has 0 bridgehead atoms. The molecule has 94 valence electrons. The summed E-state index contributed by atoms with van der Waals surface area (Å²) in [4.78, 5) is 0. The Morgan fingerprint density at radius 2 is 2.22 bits per heavy atom. The smallest absolute Gasteiger partial charge is 0.0849 e. The van der Waals surface area contributed by atoms with Crippen LogP contribution in [0.25, 0.3) is 0 Å². The van der Waals surface area contributed by atoms with Crippen LogP contribution in [-0.4, -0.2) is 12.7 Å². The third-order valence-corrected chi connectivity index (χ3v) is 4.40. The van der Waals surface area contributed by atoms with Gasteiger partial charge in [-0.15, -0.1) is 0 Å². The van der Waals surface area contributed by atoms with Gasteiger partial charge in [-0.05, 0) is 49.7 Å². The van der Waals surface area contributed by atoms with Gasteiger partial charge < -0.3 is 4.74 Å². The van der Waals surface area contributed by atoms with Crippen molar-refractivity contribution in [3.8, 4) is 6.07 Å². The normalized spacial score (nSPS) is 30.7. The van der Waals surface area contributed by atoms with Crippen molar-refractivity contribution < 1.29 is 4.74 Å². The third kappa shape index (κ3) is 1.93. The second-order valence-corrected chi connectivity index (χ2v) is 5.54. The molecule has 0 saturated carbocycles. The van der Waals surface area contributed by atoms with Crippen LogP contribution >= 0.6 is 0 Å². The topological polar surface area (TPSA) is 33.0 Å². The number of ether oxygens (including phenoxy) is 1. The Bertz CT molecular complexity index is 470. The van der Waals surface area contributed by atoms with E-state index in [1.807, 2.05) is 0 Å². The Balaban J connectivity index is 1.94. The first-order valence-electron chi connectivity index (χ1n) is 6.95. The Labute approximate surface area is 109 Å². The van der Waals surface area contributed by atoms with E-state index in [1.165, 1.54) is 11.1 Å². The van der Waals surface area contributed by atoms with Gasteiger partial charge in [-0.1, -0.05) is 24.3 Å². The van der Waals surface area contributed by atoms with Gasteiger partial charge in [0.05, 0.1) is 17.6 Å². The average molecular weight is 241 g/mol. The van der Waals surface area contributed by atoms with Gasteiger partial charge in [-0.25, -0.2) is 0 Å². The summed E-state index contributed by atoms with van der Waals surface area (Å²) < 4.78 is 5.75. The van der Waals surface area contributed by atoms with Gasteiger partial charge in [0, 0.05) is 6.61 Å². The molecule has 2 atom stereocenters. The SMILES string of the molecule is N#CC1(CC2CCCO2)CCCc2ccccc21. The fraction of sp³-hybridized carbons (Fsp3) is 0.562. The predicted octanol–water partition coefficient (Wildman–Crippen LogP) is 3.35. The molecule has 1 saturated heterocycles. The highest BCUT2D eigenvalue weighted by Gasteiger charge is 2.39. The molecule has 1 aromatic carbocycles. The van der Waals surface area contributed by atoms with Crippen LogP contribution in [0.1, 0.15) is 43.2 Å². The summed E-state index contributed by atoms with van der Waals surface area (Å²) in [5.41, 5.74) is 2.32. The van der Waals surface area contributed by atoms with Crippen LogP contribution in [0.3, 0.4) is 0 Å². The molecule has 3 rings (SSSR count). The Hall–Kier alpha value is -1.33. The first-order valence-corrected chi connectivity index (χ1v) is 6.95. The minimum atomic E-state index is -0.302. The van der Waals surface area contributed by atoms with E-state index < -0.39 is 0 Å². The number of nitriles is 1. The molecule has 18 heavy (non-hydrogen) atoms. The maximum atomic E-state index is 9.74. The second kappa shape index (κ2) is 4.74. The van der Waals surface area contributed by atoms with Crippen LogP contribution in [-0.2, 0) is 16.6 Å². The largest absolute Gasteiger partial charge is 0.378 e. The van der Waals surface area contributed by atoms with Crippen LogP contribution in [0.5, 0.6) is 0 Å². The standard InChI is InChI=1S/C16H19NO/c17-12-16(11-14-7-4-10-18-14)9-3-6-13-5-1-2-8-15(13)16/h1-2,5,8,14H,3-4,6-7,9-11H2. The van der Waals surface area contributed by atoms with Gasteiger partial charge in [0.1, 0.15) is 0 Å². The average Bonchev–Trinajstić information content (AvgIpc) is 2.92. The van der Waals surface area contributed by atoms with E-state index in [-0.39, 0.29) is 11.5 Å². The van der Waals surface area contributed by atoms with Crippen molar-refractivity contribution in [1.82, 2.24) is 0 Å². The molecule has 0 radical (unpaired) electrons. The number of rotatable bonds is 2. The molecule has 0 aromatic heterocycles. The number of hydrogen-bond acceptors (Lipinski definition) is 2. The molecule has 2 nitrogen and oxygen atoms in total. The lowest BCUT2D eigenvalue weighted by atomic mass is 9.68. The summed E-state index contributed by atoms with van der Waals surface area (Å²) in [6, 6.07) is 11.1. The van der Waals surface area contributed by atoms with Crippen LogP contribution in [0, 0.1) is 11.3 Å². The Kier molecular flexibility index (Phi) is 3.09. The van der Waals surface area contributed by atoms with Gasteiger partial charge in [-0.2, -0.15) is 5.26 Å². The number of aryl methyl sites for hydroxylation is 1. The van der Waals surface area contributed by atoms with E-state index in [4.69, 9.17) is 4.74 Å². The Morgan fingerprint density at radius 3 is 3.00 bits per heavy atom. The third-order valence-electron chi connectivity index (χ3n) is 4.40. The van der Waals surface area contributed by atoms with Gasteiger partial charge in [0.15, 0.2) is 0 Å². The van der Waals surface area contributed by atoms with Crippen molar-refractivity contribution >= 4 is 0 Å². The molecular formula is C16H19NO. The van der Waals surface area contributed by atoms with Crippen LogP contribution < -0.4 is 0 Å². The fourth-order valence-electron chi connectivity index (χ4n) is 3.49. The zero-order valence-corrected chi connectivity index (χ0v) is 10.7. The zero-order chi connectivity index (χ0) is 12.4. The van der Waals surface area contributed by atoms with Crippen molar-refractivity contribution in [3.63, 3.8) is 0 Å². The quantitative estimate of drug-likeness (QED) is 0.795. The summed E-state index contributed by atoms with van der Waals surface area (Å²) in [6.45, 7) is 0.869. The van der Waals surface area contributed by atoms with E-state index in [0.29, 0.717) is 0 Å². The summed E-state index contributed by atoms with van der Waals surface area (Å²) in [6.07, 6.45) is 6.65. The molecule has 1 heterocycles. The molecular weight excluding hydrogens is 222 g/mol. The summed E-state index contributed by atoms with van der Waals surface area (Å²) in [5, 5.41) is 9.74. The lowest BCUT2D eigenvalue weighted by Crippen LogP contribution is -2.33. The first-order chi connectivity index (χ1) is 8.84. The Morgan fingerprint density at radius 1 is 1.33 bits per heavy atom. The summed E-state index contributed by atoms with van der Waals surface area (Å²) in [7, 11) is 0. The second-order valence-electron chi connectivity index (χ2n) is 5.54. The maximum absolute atomic E-state index is 9.74. The van der Waals surface area contributed by atoms with E-state index in [1.54, 1.807) is 0 Å². The van der Waals surface area contributed by atoms with Crippen molar-refractivity contribution in [3.05, 3.63) is 35.4 Å². The van der Waals surface area contributed by atoms with Crippen molar-refractivity contribution in [2.75, 3.05) is 6.61 Å². The summed E-state index contributed by atoms with van der Waals surface area (Å²) >= 11 is 0. The van der Waals surface area contributed by atoms with E-state index in [0.717, 1.165) is 45.1 Å². The molecule has 2 heteroatoms. The number of fused-ring (bicyclic) bond motifs is 1. The monoisotopic (exact) mass is 241 g/mol. The molecule has 0 N–H and O–H groups in total. The summed E-state index contributed by atoms with van der Waals surface area (Å²) in [5.74, 6) is 0. The van der Waals surface area contributed by atoms with E-state index >= 15 is 0 Å². The van der Waals surface area contributed by atoms with E-state index in [2.05, 4.69) is 30.3 Å². The minimum absolute atomic E-state index is 0.288. The van der Waals surface area contributed by atoms with Gasteiger partial charge >= 0.3 is 0 Å².